The minimum Gasteiger partial charge on any atom is -0.372 e. The molecule has 11 heavy (non-hydrogen) atoms. The fraction of sp³-hybridized carbons (Fsp3) is 0.714. The molecule has 0 aromatic heterocycles. The molecule has 0 amide bonds. The van der Waals surface area contributed by atoms with E-state index in [0.29, 0.717) is 0 Å². The van der Waals surface area contributed by atoms with Crippen molar-refractivity contribution in [2.24, 2.45) is 5.11 Å². The third kappa shape index (κ3) is 3.07. The summed E-state index contributed by atoms with van der Waals surface area (Å²) in [6, 6.07) is 0. The van der Waals surface area contributed by atoms with Crippen LogP contribution in [-0.2, 0) is 4.74 Å². The normalized spacial score (nSPS) is 22.7. The van der Waals surface area contributed by atoms with Crippen LogP contribution in [0.3, 0.4) is 0 Å². The van der Waals surface area contributed by atoms with Gasteiger partial charge in [-0.05, 0) is 24.8 Å². The first-order chi connectivity index (χ1) is 5.43. The van der Waals surface area contributed by atoms with Crippen molar-refractivity contribution in [1.29, 1.82) is 0 Å². The van der Waals surface area contributed by atoms with Gasteiger partial charge in [-0.25, -0.2) is 0 Å². The fourth-order valence-electron chi connectivity index (χ4n) is 1.08. The Kier molecular flexibility index (Phi) is 3.52. The number of ether oxygens (including phenoxy) is 1. The van der Waals surface area contributed by atoms with Crippen LogP contribution < -0.4 is 0 Å². The Hall–Kier alpha value is -0.990. The van der Waals surface area contributed by atoms with E-state index in [4.69, 9.17) is 10.3 Å². The van der Waals surface area contributed by atoms with Crippen molar-refractivity contribution in [3.8, 4) is 0 Å². The second-order valence-corrected chi connectivity index (χ2v) is 2.43. The van der Waals surface area contributed by atoms with Crippen molar-refractivity contribution < 1.29 is 4.74 Å². The van der Waals surface area contributed by atoms with Gasteiger partial charge in [-0.1, -0.05) is 17.3 Å². The molecular weight excluding hydrogens is 142 g/mol. The summed E-state index contributed by atoms with van der Waals surface area (Å²) >= 11 is 0. The van der Waals surface area contributed by atoms with Crippen molar-refractivity contribution in [1.82, 2.24) is 0 Å². The van der Waals surface area contributed by atoms with Crippen molar-refractivity contribution in [3.05, 3.63) is 22.6 Å². The zero-order valence-electron chi connectivity index (χ0n) is 6.31. The van der Waals surface area contributed by atoms with Crippen molar-refractivity contribution in [2.45, 2.75) is 25.4 Å². The van der Waals surface area contributed by atoms with Gasteiger partial charge in [0.05, 0.1) is 6.10 Å². The SMILES string of the molecule is [N-]=[N+]=NCOC1CC=CCC1. The standard InChI is InChI=1S/C7H11N3O/c8-10-9-6-11-7-4-2-1-3-5-7/h1-2,7H,3-6H2. The van der Waals surface area contributed by atoms with Gasteiger partial charge in [-0.15, -0.1) is 0 Å². The molecule has 60 valence electrons. The Morgan fingerprint density at radius 2 is 2.55 bits per heavy atom. The zero-order valence-corrected chi connectivity index (χ0v) is 6.31. The first-order valence-corrected chi connectivity index (χ1v) is 3.71. The molecule has 0 aromatic rings. The number of hydrogen-bond acceptors (Lipinski definition) is 2. The van der Waals surface area contributed by atoms with Gasteiger partial charge in [0.2, 0.25) is 0 Å². The predicted molar refractivity (Wildman–Crippen MR) is 41.9 cm³/mol. The number of nitrogens with zero attached hydrogens (tertiary/aromatic N) is 3. The van der Waals surface area contributed by atoms with Crippen LogP contribution in [0.15, 0.2) is 17.3 Å². The maximum Gasteiger partial charge on any atom is 0.126 e. The predicted octanol–water partition coefficient (Wildman–Crippen LogP) is 2.38. The average molecular weight is 153 g/mol. The largest absolute Gasteiger partial charge is 0.372 e. The van der Waals surface area contributed by atoms with Crippen LogP contribution in [0.4, 0.5) is 0 Å². The number of azide groups is 1. The van der Waals surface area contributed by atoms with Crippen LogP contribution in [0, 0.1) is 0 Å². The number of rotatable bonds is 3. The molecule has 0 heterocycles. The molecule has 1 aliphatic rings. The molecule has 4 nitrogen and oxygen atoms in total. The lowest BCUT2D eigenvalue weighted by atomic mass is 10.1. The first kappa shape index (κ1) is 8.11. The highest BCUT2D eigenvalue weighted by atomic mass is 16.5. The third-order valence-electron chi connectivity index (χ3n) is 1.65. The van der Waals surface area contributed by atoms with E-state index in [1.807, 2.05) is 0 Å². The lowest BCUT2D eigenvalue weighted by Gasteiger charge is -2.16. The second-order valence-electron chi connectivity index (χ2n) is 2.43. The summed E-state index contributed by atoms with van der Waals surface area (Å²) in [5, 5.41) is 3.30. The van der Waals surface area contributed by atoms with E-state index in [0.717, 1.165) is 19.3 Å². The van der Waals surface area contributed by atoms with Gasteiger partial charge in [0.15, 0.2) is 0 Å². The van der Waals surface area contributed by atoms with Gasteiger partial charge in [-0.3, -0.25) is 0 Å². The van der Waals surface area contributed by atoms with Gasteiger partial charge >= 0.3 is 0 Å². The van der Waals surface area contributed by atoms with E-state index in [2.05, 4.69) is 22.2 Å². The minimum absolute atomic E-state index is 0.162. The molecule has 0 aromatic carbocycles. The molecule has 1 unspecified atom stereocenters. The smallest absolute Gasteiger partial charge is 0.126 e. The maximum absolute atomic E-state index is 7.96. The molecule has 1 aliphatic carbocycles. The molecule has 0 bridgehead atoms. The lowest BCUT2D eigenvalue weighted by Crippen LogP contribution is -2.13. The topological polar surface area (TPSA) is 58.0 Å². The number of hydrogen-bond donors (Lipinski definition) is 0. The van der Waals surface area contributed by atoms with Crippen molar-refractivity contribution in [3.63, 3.8) is 0 Å². The second kappa shape index (κ2) is 4.77. The van der Waals surface area contributed by atoms with Gasteiger partial charge in [0.25, 0.3) is 0 Å². The Balaban J connectivity index is 2.16. The highest BCUT2D eigenvalue weighted by Crippen LogP contribution is 2.13. The Morgan fingerprint density at radius 3 is 3.18 bits per heavy atom. The zero-order chi connectivity index (χ0) is 7.94. The molecule has 1 rings (SSSR count). The summed E-state index contributed by atoms with van der Waals surface area (Å²) < 4.78 is 5.25. The van der Waals surface area contributed by atoms with E-state index in [9.17, 15) is 0 Å². The molecule has 0 spiro atoms. The molecule has 0 N–H and O–H groups in total. The molecule has 4 heteroatoms. The maximum atomic E-state index is 7.96. The van der Waals surface area contributed by atoms with Gasteiger partial charge in [0.1, 0.15) is 6.73 Å². The van der Waals surface area contributed by atoms with E-state index < -0.39 is 0 Å². The van der Waals surface area contributed by atoms with Crippen molar-refractivity contribution in [2.75, 3.05) is 6.73 Å². The van der Waals surface area contributed by atoms with Crippen LogP contribution in [0.5, 0.6) is 0 Å². The third-order valence-corrected chi connectivity index (χ3v) is 1.65. The van der Waals surface area contributed by atoms with Crippen LogP contribution in [0.2, 0.25) is 0 Å². The Bertz CT molecular complexity index is 184. The minimum atomic E-state index is 0.162. The fourth-order valence-corrected chi connectivity index (χ4v) is 1.08. The summed E-state index contributed by atoms with van der Waals surface area (Å²) in [4.78, 5) is 2.60. The quantitative estimate of drug-likeness (QED) is 0.266. The lowest BCUT2D eigenvalue weighted by molar-refractivity contribution is 0.0523. The highest BCUT2D eigenvalue weighted by molar-refractivity contribution is 4.90. The first-order valence-electron chi connectivity index (χ1n) is 3.71. The molecule has 0 radical (unpaired) electrons. The molecular formula is C7H11N3O. The average Bonchev–Trinajstić information content (AvgIpc) is 2.07. The highest BCUT2D eigenvalue weighted by Gasteiger charge is 2.08. The monoisotopic (exact) mass is 153 g/mol. The van der Waals surface area contributed by atoms with Crippen molar-refractivity contribution >= 4 is 0 Å². The van der Waals surface area contributed by atoms with Crippen LogP contribution in [0.25, 0.3) is 10.4 Å². The van der Waals surface area contributed by atoms with E-state index in [1.165, 1.54) is 0 Å². The molecule has 1 atom stereocenters. The Morgan fingerprint density at radius 1 is 1.64 bits per heavy atom. The molecule has 0 fully saturated rings. The summed E-state index contributed by atoms with van der Waals surface area (Å²) in [7, 11) is 0. The van der Waals surface area contributed by atoms with Crippen LogP contribution in [-0.4, -0.2) is 12.8 Å². The van der Waals surface area contributed by atoms with E-state index in [-0.39, 0.29) is 12.8 Å². The molecule has 0 saturated heterocycles. The van der Waals surface area contributed by atoms with Crippen LogP contribution >= 0.6 is 0 Å². The van der Waals surface area contributed by atoms with E-state index >= 15 is 0 Å². The number of allylic oxidation sites excluding steroid dienone is 1. The van der Waals surface area contributed by atoms with Gasteiger partial charge < -0.3 is 4.74 Å². The van der Waals surface area contributed by atoms with Gasteiger partial charge in [0, 0.05) is 4.91 Å². The Labute approximate surface area is 65.5 Å². The molecule has 0 saturated carbocycles. The summed E-state index contributed by atoms with van der Waals surface area (Å²) in [5.74, 6) is 0. The summed E-state index contributed by atoms with van der Waals surface area (Å²) in [6.45, 7) is 0.162. The summed E-state index contributed by atoms with van der Waals surface area (Å²) in [6.07, 6.45) is 7.56. The van der Waals surface area contributed by atoms with Gasteiger partial charge in [-0.2, -0.15) is 0 Å². The molecule has 0 aliphatic heterocycles. The summed E-state index contributed by atoms with van der Waals surface area (Å²) in [5.41, 5.74) is 7.96. The van der Waals surface area contributed by atoms with E-state index in [1.54, 1.807) is 0 Å². The van der Waals surface area contributed by atoms with Crippen LogP contribution in [0.1, 0.15) is 19.3 Å².